The Bertz CT molecular complexity index is 627. The quantitative estimate of drug-likeness (QED) is 0.577. The predicted octanol–water partition coefficient (Wildman–Crippen LogP) is 2.00. The largest absolute Gasteiger partial charge is 0.379 e. The lowest BCUT2D eigenvalue weighted by Gasteiger charge is -2.37. The zero-order valence-corrected chi connectivity index (χ0v) is 18.0. The number of benzene rings is 1. The molecular formula is C21H34ClN5O. The molecule has 7 heteroatoms. The van der Waals surface area contributed by atoms with E-state index in [0.29, 0.717) is 5.92 Å². The summed E-state index contributed by atoms with van der Waals surface area (Å²) in [7, 11) is 1.88. The Balaban J connectivity index is 1.39. The molecule has 2 aliphatic rings. The van der Waals surface area contributed by atoms with Crippen molar-refractivity contribution in [1.82, 2.24) is 20.0 Å². The lowest BCUT2D eigenvalue weighted by Crippen LogP contribution is -2.53. The zero-order valence-electron chi connectivity index (χ0n) is 17.2. The lowest BCUT2D eigenvalue weighted by molar-refractivity contribution is 0.0320. The fourth-order valence-electron chi connectivity index (χ4n) is 3.90. The molecule has 156 valence electrons. The normalized spacial score (nSPS) is 21.0. The summed E-state index contributed by atoms with van der Waals surface area (Å²) in [4.78, 5) is 11.9. The first-order valence-electron chi connectivity index (χ1n) is 10.4. The van der Waals surface area contributed by atoms with E-state index in [1.807, 2.05) is 19.2 Å². The van der Waals surface area contributed by atoms with Gasteiger partial charge in [0, 0.05) is 71.0 Å². The first-order valence-corrected chi connectivity index (χ1v) is 10.7. The zero-order chi connectivity index (χ0) is 19.8. The number of hydrogen-bond donors (Lipinski definition) is 1. The summed E-state index contributed by atoms with van der Waals surface area (Å²) in [5.41, 5.74) is 1.28. The van der Waals surface area contributed by atoms with Crippen LogP contribution in [0.1, 0.15) is 12.5 Å². The van der Waals surface area contributed by atoms with Crippen molar-refractivity contribution in [2.45, 2.75) is 13.5 Å². The van der Waals surface area contributed by atoms with E-state index in [2.05, 4.69) is 44.1 Å². The minimum Gasteiger partial charge on any atom is -0.379 e. The Kier molecular flexibility index (Phi) is 8.40. The highest BCUT2D eigenvalue weighted by molar-refractivity contribution is 6.30. The van der Waals surface area contributed by atoms with Crippen LogP contribution in [-0.2, 0) is 11.3 Å². The van der Waals surface area contributed by atoms with Crippen molar-refractivity contribution in [3.63, 3.8) is 0 Å². The Morgan fingerprint density at radius 3 is 2.57 bits per heavy atom. The minimum absolute atomic E-state index is 0.582. The van der Waals surface area contributed by atoms with Gasteiger partial charge in [0.2, 0.25) is 0 Å². The molecule has 0 radical (unpaired) electrons. The number of guanidine groups is 1. The molecule has 0 saturated carbocycles. The highest BCUT2D eigenvalue weighted by Crippen LogP contribution is 2.14. The van der Waals surface area contributed by atoms with Crippen molar-refractivity contribution in [3.8, 4) is 0 Å². The van der Waals surface area contributed by atoms with Crippen LogP contribution >= 0.6 is 11.6 Å². The van der Waals surface area contributed by atoms with Gasteiger partial charge >= 0.3 is 0 Å². The Morgan fingerprint density at radius 2 is 1.89 bits per heavy atom. The van der Waals surface area contributed by atoms with Gasteiger partial charge in [0.15, 0.2) is 5.96 Å². The number of nitrogens with zero attached hydrogens (tertiary/aromatic N) is 4. The van der Waals surface area contributed by atoms with Gasteiger partial charge in [-0.2, -0.15) is 0 Å². The molecule has 6 nitrogen and oxygen atoms in total. The molecule has 0 bridgehead atoms. The monoisotopic (exact) mass is 407 g/mol. The van der Waals surface area contributed by atoms with Crippen molar-refractivity contribution >= 4 is 17.6 Å². The third kappa shape index (κ3) is 6.62. The molecule has 1 N–H and O–H groups in total. The van der Waals surface area contributed by atoms with Gasteiger partial charge in [0.05, 0.1) is 13.2 Å². The van der Waals surface area contributed by atoms with Crippen molar-refractivity contribution in [2.75, 3.05) is 72.6 Å². The van der Waals surface area contributed by atoms with E-state index in [0.717, 1.165) is 83.1 Å². The van der Waals surface area contributed by atoms with Crippen LogP contribution in [-0.4, -0.2) is 93.3 Å². The average molecular weight is 408 g/mol. The summed E-state index contributed by atoms with van der Waals surface area (Å²) >= 11 is 6.11. The fraction of sp³-hybridized carbons (Fsp3) is 0.667. The van der Waals surface area contributed by atoms with Gasteiger partial charge in [-0.3, -0.25) is 14.8 Å². The van der Waals surface area contributed by atoms with Crippen LogP contribution < -0.4 is 5.32 Å². The first-order chi connectivity index (χ1) is 13.6. The van der Waals surface area contributed by atoms with Crippen LogP contribution in [0.5, 0.6) is 0 Å². The predicted molar refractivity (Wildman–Crippen MR) is 116 cm³/mol. The number of aliphatic imine (C=N–C) groups is 1. The highest BCUT2D eigenvalue weighted by atomic mass is 35.5. The minimum atomic E-state index is 0.582. The molecule has 3 rings (SSSR count). The Labute approximate surface area is 174 Å². The number of nitrogens with one attached hydrogen (secondary N) is 1. The number of morpholine rings is 1. The second kappa shape index (κ2) is 11.0. The number of piperazine rings is 1. The van der Waals surface area contributed by atoms with Gasteiger partial charge in [-0.15, -0.1) is 0 Å². The smallest absolute Gasteiger partial charge is 0.193 e. The molecule has 1 aromatic carbocycles. The second-order valence-corrected chi connectivity index (χ2v) is 8.28. The van der Waals surface area contributed by atoms with Crippen LogP contribution in [0.3, 0.4) is 0 Å². The lowest BCUT2D eigenvalue weighted by atomic mass is 10.1. The van der Waals surface area contributed by atoms with E-state index in [4.69, 9.17) is 16.3 Å². The highest BCUT2D eigenvalue weighted by Gasteiger charge is 2.20. The molecule has 0 aliphatic carbocycles. The summed E-state index contributed by atoms with van der Waals surface area (Å²) in [6.45, 7) is 13.2. The molecule has 2 saturated heterocycles. The summed E-state index contributed by atoms with van der Waals surface area (Å²) in [5.74, 6) is 1.61. The van der Waals surface area contributed by atoms with Gasteiger partial charge in [-0.25, -0.2) is 0 Å². The van der Waals surface area contributed by atoms with Crippen molar-refractivity contribution in [3.05, 3.63) is 34.9 Å². The number of halogens is 1. The molecular weight excluding hydrogens is 374 g/mol. The van der Waals surface area contributed by atoms with Crippen molar-refractivity contribution in [2.24, 2.45) is 10.9 Å². The van der Waals surface area contributed by atoms with Gasteiger partial charge in [-0.05, 0) is 23.6 Å². The molecule has 2 heterocycles. The van der Waals surface area contributed by atoms with Crippen LogP contribution in [0.15, 0.2) is 29.3 Å². The van der Waals surface area contributed by atoms with E-state index in [9.17, 15) is 0 Å². The molecule has 2 aliphatic heterocycles. The molecule has 2 fully saturated rings. The summed E-state index contributed by atoms with van der Waals surface area (Å²) in [5, 5.41) is 4.39. The summed E-state index contributed by atoms with van der Waals surface area (Å²) < 4.78 is 5.43. The summed E-state index contributed by atoms with van der Waals surface area (Å²) in [6, 6.07) is 8.16. The van der Waals surface area contributed by atoms with E-state index in [-0.39, 0.29) is 0 Å². The fourth-order valence-corrected chi connectivity index (χ4v) is 4.11. The van der Waals surface area contributed by atoms with Gasteiger partial charge < -0.3 is 15.0 Å². The van der Waals surface area contributed by atoms with Gasteiger partial charge in [0.1, 0.15) is 0 Å². The third-order valence-corrected chi connectivity index (χ3v) is 5.70. The SMILES string of the molecule is CN=C(NCC(C)CN1CCOCC1)N1CCN(Cc2cccc(Cl)c2)CC1. The molecule has 1 atom stereocenters. The maximum Gasteiger partial charge on any atom is 0.193 e. The molecule has 0 aromatic heterocycles. The van der Waals surface area contributed by atoms with Gasteiger partial charge in [-0.1, -0.05) is 30.7 Å². The number of ether oxygens (including phenoxy) is 1. The maximum absolute atomic E-state index is 6.11. The summed E-state index contributed by atoms with van der Waals surface area (Å²) in [6.07, 6.45) is 0. The van der Waals surface area contributed by atoms with Gasteiger partial charge in [0.25, 0.3) is 0 Å². The number of rotatable bonds is 6. The van der Waals surface area contributed by atoms with Crippen molar-refractivity contribution in [1.29, 1.82) is 0 Å². The van der Waals surface area contributed by atoms with Crippen LogP contribution in [0.25, 0.3) is 0 Å². The Morgan fingerprint density at radius 1 is 1.14 bits per heavy atom. The maximum atomic E-state index is 6.11. The molecule has 0 amide bonds. The molecule has 1 unspecified atom stereocenters. The first kappa shape index (κ1) is 21.4. The molecule has 1 aromatic rings. The molecule has 0 spiro atoms. The van der Waals surface area contributed by atoms with Crippen molar-refractivity contribution < 1.29 is 4.74 Å². The topological polar surface area (TPSA) is 43.3 Å². The Hall–Kier alpha value is -1.34. The average Bonchev–Trinajstić information content (AvgIpc) is 2.70. The van der Waals surface area contributed by atoms with E-state index in [1.54, 1.807) is 0 Å². The standard InChI is InChI=1S/C21H34ClN5O/c1-18(16-26-10-12-28-13-11-26)15-24-21(23-2)27-8-6-25(7-9-27)17-19-4-3-5-20(22)14-19/h3-5,14,18H,6-13,15-17H2,1-2H3,(H,23,24). The third-order valence-electron chi connectivity index (χ3n) is 5.46. The van der Waals surface area contributed by atoms with Crippen LogP contribution in [0, 0.1) is 5.92 Å². The van der Waals surface area contributed by atoms with Crippen LogP contribution in [0.2, 0.25) is 5.02 Å². The van der Waals surface area contributed by atoms with Crippen LogP contribution in [0.4, 0.5) is 0 Å². The second-order valence-electron chi connectivity index (χ2n) is 7.84. The van der Waals surface area contributed by atoms with E-state index >= 15 is 0 Å². The molecule has 28 heavy (non-hydrogen) atoms. The van der Waals surface area contributed by atoms with E-state index in [1.165, 1.54) is 5.56 Å². The number of hydrogen-bond acceptors (Lipinski definition) is 4. The van der Waals surface area contributed by atoms with E-state index < -0.39 is 0 Å².